The van der Waals surface area contributed by atoms with Gasteiger partial charge in [-0.25, -0.2) is 0 Å². The molecule has 4 rings (SSSR count). The van der Waals surface area contributed by atoms with Crippen LogP contribution in [0.1, 0.15) is 5.56 Å². The lowest BCUT2D eigenvalue weighted by atomic mass is 10.1. The number of ether oxygens (including phenoxy) is 2. The molecule has 0 aromatic heterocycles. The van der Waals surface area contributed by atoms with Gasteiger partial charge in [0.15, 0.2) is 0 Å². The molecule has 4 aromatic carbocycles. The summed E-state index contributed by atoms with van der Waals surface area (Å²) in [7, 11) is 0. The van der Waals surface area contributed by atoms with Gasteiger partial charge in [0.1, 0.15) is 23.9 Å². The Bertz CT molecular complexity index is 1100. The van der Waals surface area contributed by atoms with Crippen LogP contribution in [0.2, 0.25) is 10.0 Å². The van der Waals surface area contributed by atoms with Crippen molar-refractivity contribution in [1.82, 2.24) is 0 Å². The third kappa shape index (κ3) is 4.73. The summed E-state index contributed by atoms with van der Waals surface area (Å²) in [6.45, 7) is 0.459. The van der Waals surface area contributed by atoms with Crippen LogP contribution in [0.3, 0.4) is 0 Å². The molecule has 0 aliphatic carbocycles. The maximum atomic E-state index is 6.63. The summed E-state index contributed by atoms with van der Waals surface area (Å²) < 4.78 is 11.8. The largest absolute Gasteiger partial charge is 0.487 e. The minimum Gasteiger partial charge on any atom is -0.487 e. The van der Waals surface area contributed by atoms with Gasteiger partial charge >= 0.3 is 0 Å². The fourth-order valence-electron chi connectivity index (χ4n) is 2.95. The van der Waals surface area contributed by atoms with Crippen molar-refractivity contribution in [3.8, 4) is 28.4 Å². The second-order valence-corrected chi connectivity index (χ2v) is 7.24. The minimum atomic E-state index is 0.459. The SMILES string of the molecule is Clc1cc(-c2cccc(Oc3ccccc3)c2Cl)ccc1OCc1ccccc1. The van der Waals surface area contributed by atoms with Gasteiger partial charge in [-0.2, -0.15) is 0 Å². The van der Waals surface area contributed by atoms with Crippen LogP contribution in [-0.4, -0.2) is 0 Å². The number of benzene rings is 4. The predicted octanol–water partition coefficient (Wildman–Crippen LogP) is 8.03. The molecule has 0 fully saturated rings. The first-order chi connectivity index (χ1) is 14.2. The average molecular weight is 421 g/mol. The molecule has 4 aromatic rings. The van der Waals surface area contributed by atoms with Crippen LogP contribution in [0.15, 0.2) is 97.1 Å². The van der Waals surface area contributed by atoms with Gasteiger partial charge in [0.25, 0.3) is 0 Å². The quantitative estimate of drug-likeness (QED) is 0.314. The molecule has 0 aliphatic heterocycles. The predicted molar refractivity (Wildman–Crippen MR) is 119 cm³/mol. The summed E-state index contributed by atoms with van der Waals surface area (Å²) in [5, 5.41) is 1.06. The van der Waals surface area contributed by atoms with Crippen LogP contribution in [-0.2, 0) is 6.61 Å². The first kappa shape index (κ1) is 19.4. The molecule has 29 heavy (non-hydrogen) atoms. The Kier molecular flexibility index (Phi) is 6.04. The molecule has 0 bridgehead atoms. The van der Waals surface area contributed by atoms with E-state index in [-0.39, 0.29) is 0 Å². The molecule has 0 amide bonds. The maximum absolute atomic E-state index is 6.63. The zero-order chi connectivity index (χ0) is 20.1. The van der Waals surface area contributed by atoms with Crippen molar-refractivity contribution in [1.29, 1.82) is 0 Å². The molecule has 0 spiro atoms. The molecule has 2 nitrogen and oxygen atoms in total. The molecule has 0 atom stereocenters. The first-order valence-corrected chi connectivity index (χ1v) is 9.94. The lowest BCUT2D eigenvalue weighted by Gasteiger charge is -2.13. The van der Waals surface area contributed by atoms with Gasteiger partial charge in [-0.3, -0.25) is 0 Å². The smallest absolute Gasteiger partial charge is 0.146 e. The lowest BCUT2D eigenvalue weighted by molar-refractivity contribution is 0.306. The molecule has 0 saturated carbocycles. The Hall–Kier alpha value is -2.94. The van der Waals surface area contributed by atoms with Crippen molar-refractivity contribution in [2.45, 2.75) is 6.61 Å². The van der Waals surface area contributed by atoms with Crippen LogP contribution < -0.4 is 9.47 Å². The monoisotopic (exact) mass is 420 g/mol. The zero-order valence-electron chi connectivity index (χ0n) is 15.5. The van der Waals surface area contributed by atoms with Crippen LogP contribution in [0.25, 0.3) is 11.1 Å². The third-order valence-corrected chi connectivity index (χ3v) is 5.10. The van der Waals surface area contributed by atoms with Crippen LogP contribution in [0, 0.1) is 0 Å². The van der Waals surface area contributed by atoms with Crippen LogP contribution >= 0.6 is 23.2 Å². The Morgan fingerprint density at radius 2 is 1.38 bits per heavy atom. The molecule has 144 valence electrons. The Morgan fingerprint density at radius 3 is 2.10 bits per heavy atom. The third-order valence-electron chi connectivity index (χ3n) is 4.41. The number of hydrogen-bond donors (Lipinski definition) is 0. The average Bonchev–Trinajstić information content (AvgIpc) is 2.76. The van der Waals surface area contributed by atoms with Crippen molar-refractivity contribution < 1.29 is 9.47 Å². The molecule has 0 saturated heterocycles. The molecule has 0 aliphatic rings. The Balaban J connectivity index is 1.55. The second kappa shape index (κ2) is 9.04. The Labute approximate surface area is 180 Å². The van der Waals surface area contributed by atoms with Gasteiger partial charge in [-0.15, -0.1) is 0 Å². The van der Waals surface area contributed by atoms with E-state index in [1.165, 1.54) is 0 Å². The van der Waals surface area contributed by atoms with Gasteiger partial charge in [-0.1, -0.05) is 89.9 Å². The molecule has 4 heteroatoms. The normalized spacial score (nSPS) is 10.6. The highest BCUT2D eigenvalue weighted by Gasteiger charge is 2.12. The standard InChI is InChI=1S/C25H18Cl2O2/c26-22-16-19(14-15-23(22)28-17-18-8-3-1-4-9-18)21-12-7-13-24(25(21)27)29-20-10-5-2-6-11-20/h1-16H,17H2. The van der Waals surface area contributed by atoms with E-state index in [1.54, 1.807) is 0 Å². The van der Waals surface area contributed by atoms with E-state index in [4.69, 9.17) is 32.7 Å². The summed E-state index contributed by atoms with van der Waals surface area (Å²) >= 11 is 13.1. The van der Waals surface area contributed by atoms with E-state index in [0.717, 1.165) is 22.4 Å². The summed E-state index contributed by atoms with van der Waals surface area (Å²) in [5.41, 5.74) is 2.82. The van der Waals surface area contributed by atoms with Gasteiger partial charge in [-0.05, 0) is 41.5 Å². The van der Waals surface area contributed by atoms with Gasteiger partial charge in [0, 0.05) is 5.56 Å². The van der Waals surface area contributed by atoms with E-state index in [2.05, 4.69) is 0 Å². The summed E-state index contributed by atoms with van der Waals surface area (Å²) in [6.07, 6.45) is 0. The highest BCUT2D eigenvalue weighted by atomic mass is 35.5. The molecule has 0 heterocycles. The molecular weight excluding hydrogens is 403 g/mol. The number of para-hydroxylation sites is 1. The molecule has 0 N–H and O–H groups in total. The van der Waals surface area contributed by atoms with Crippen LogP contribution in [0.5, 0.6) is 17.2 Å². The summed E-state index contributed by atoms with van der Waals surface area (Å²) in [6, 6.07) is 30.9. The molecular formula is C25H18Cl2O2. The Morgan fingerprint density at radius 1 is 0.655 bits per heavy atom. The van der Waals surface area contributed by atoms with E-state index in [9.17, 15) is 0 Å². The topological polar surface area (TPSA) is 18.5 Å². The van der Waals surface area contributed by atoms with Gasteiger partial charge < -0.3 is 9.47 Å². The minimum absolute atomic E-state index is 0.459. The van der Waals surface area contributed by atoms with E-state index < -0.39 is 0 Å². The zero-order valence-corrected chi connectivity index (χ0v) is 17.0. The maximum Gasteiger partial charge on any atom is 0.146 e. The highest BCUT2D eigenvalue weighted by Crippen LogP contribution is 2.39. The first-order valence-electron chi connectivity index (χ1n) is 9.19. The second-order valence-electron chi connectivity index (χ2n) is 6.45. The van der Waals surface area contributed by atoms with Gasteiger partial charge in [0.2, 0.25) is 0 Å². The van der Waals surface area contributed by atoms with E-state index in [1.807, 2.05) is 97.1 Å². The summed E-state index contributed by atoms with van der Waals surface area (Å²) in [4.78, 5) is 0. The fraction of sp³-hybridized carbons (Fsp3) is 0.0400. The number of rotatable bonds is 6. The van der Waals surface area contributed by atoms with Crippen molar-refractivity contribution in [2.24, 2.45) is 0 Å². The van der Waals surface area contributed by atoms with E-state index in [0.29, 0.717) is 28.2 Å². The summed E-state index contributed by atoms with van der Waals surface area (Å²) in [5.74, 6) is 1.96. The van der Waals surface area contributed by atoms with Crippen molar-refractivity contribution in [3.63, 3.8) is 0 Å². The lowest BCUT2D eigenvalue weighted by Crippen LogP contribution is -1.95. The van der Waals surface area contributed by atoms with Gasteiger partial charge in [0.05, 0.1) is 10.0 Å². The number of halogens is 2. The highest BCUT2D eigenvalue weighted by molar-refractivity contribution is 6.35. The molecule has 0 radical (unpaired) electrons. The van der Waals surface area contributed by atoms with E-state index >= 15 is 0 Å². The van der Waals surface area contributed by atoms with Crippen molar-refractivity contribution >= 4 is 23.2 Å². The fourth-order valence-corrected chi connectivity index (χ4v) is 3.46. The van der Waals surface area contributed by atoms with Crippen molar-refractivity contribution in [2.75, 3.05) is 0 Å². The number of hydrogen-bond acceptors (Lipinski definition) is 2. The van der Waals surface area contributed by atoms with Crippen molar-refractivity contribution in [3.05, 3.63) is 113 Å². The van der Waals surface area contributed by atoms with Crippen LogP contribution in [0.4, 0.5) is 0 Å². The molecule has 0 unspecified atom stereocenters.